The Morgan fingerprint density at radius 3 is 2.31 bits per heavy atom. The lowest BCUT2D eigenvalue weighted by atomic mass is 9.95. The molecule has 2 N–H and O–H groups in total. The topological polar surface area (TPSA) is 33.5 Å². The van der Waals surface area contributed by atoms with Crippen LogP contribution in [0.2, 0.25) is 0 Å². The van der Waals surface area contributed by atoms with Crippen molar-refractivity contribution in [2.45, 2.75) is 57.4 Å². The third kappa shape index (κ3) is 3.78. The summed E-state index contributed by atoms with van der Waals surface area (Å²) in [5, 5.41) is 3.21. The minimum Gasteiger partial charge on any atom is -0.348 e. The maximum absolute atomic E-state index is 11.8. The normalized spacial score (nSPS) is 24.2. The molecule has 0 aromatic heterocycles. The van der Waals surface area contributed by atoms with Crippen LogP contribution in [-0.4, -0.2) is 31.6 Å². The highest BCUT2D eigenvalue weighted by Gasteiger charge is 2.20. The molecule has 1 heterocycles. The van der Waals surface area contributed by atoms with E-state index in [2.05, 4.69) is 5.32 Å². The van der Waals surface area contributed by atoms with E-state index in [4.69, 9.17) is 0 Å². The Balaban J connectivity index is 1.66. The van der Waals surface area contributed by atoms with Crippen LogP contribution in [0.4, 0.5) is 0 Å². The smallest absolute Gasteiger partial charge is 0.275 e. The van der Waals surface area contributed by atoms with Crippen LogP contribution < -0.4 is 10.2 Å². The average molecular weight is 225 g/mol. The number of nitrogens with one attached hydrogen (secondary N) is 2. The number of carbonyl (C=O) groups is 1. The fraction of sp³-hybridized carbons (Fsp3) is 0.923. The first kappa shape index (κ1) is 11.9. The predicted molar refractivity (Wildman–Crippen MR) is 64.4 cm³/mol. The molecule has 2 fully saturated rings. The van der Waals surface area contributed by atoms with Gasteiger partial charge in [-0.3, -0.25) is 4.79 Å². The number of piperidine rings is 1. The van der Waals surface area contributed by atoms with Crippen molar-refractivity contribution >= 4 is 5.91 Å². The summed E-state index contributed by atoms with van der Waals surface area (Å²) in [7, 11) is 0. The standard InChI is InChI=1S/C13H24N2O/c16-13(11-15-9-5-2-6-10-15)14-12-7-3-1-4-8-12/h12H,1-11H2,(H,14,16)/p+1. The first-order valence-corrected chi connectivity index (χ1v) is 6.97. The maximum atomic E-state index is 11.8. The molecule has 3 heteroatoms. The van der Waals surface area contributed by atoms with Gasteiger partial charge in [0.05, 0.1) is 13.1 Å². The Labute approximate surface area is 98.6 Å². The van der Waals surface area contributed by atoms with E-state index in [9.17, 15) is 4.79 Å². The second-order valence-corrected chi connectivity index (χ2v) is 5.39. The van der Waals surface area contributed by atoms with Crippen molar-refractivity contribution in [2.75, 3.05) is 19.6 Å². The van der Waals surface area contributed by atoms with Gasteiger partial charge in [-0.05, 0) is 32.1 Å². The highest BCUT2D eigenvalue weighted by molar-refractivity contribution is 5.77. The molecule has 2 aliphatic rings. The van der Waals surface area contributed by atoms with Gasteiger partial charge in [0.1, 0.15) is 0 Å². The molecule has 16 heavy (non-hydrogen) atoms. The number of hydrogen-bond donors (Lipinski definition) is 2. The van der Waals surface area contributed by atoms with Crippen molar-refractivity contribution in [2.24, 2.45) is 0 Å². The number of likely N-dealkylation sites (tertiary alicyclic amines) is 1. The zero-order chi connectivity index (χ0) is 11.2. The molecule has 0 radical (unpaired) electrons. The summed E-state index contributed by atoms with van der Waals surface area (Å²) >= 11 is 0. The molecule has 0 aromatic rings. The van der Waals surface area contributed by atoms with Gasteiger partial charge in [0.2, 0.25) is 0 Å². The van der Waals surface area contributed by atoms with Crippen LogP contribution in [0.1, 0.15) is 51.4 Å². The second kappa shape index (κ2) is 6.24. The van der Waals surface area contributed by atoms with Crippen LogP contribution >= 0.6 is 0 Å². The fourth-order valence-corrected chi connectivity index (χ4v) is 2.98. The molecule has 0 unspecified atom stereocenters. The molecule has 0 aromatic carbocycles. The Bertz CT molecular complexity index is 196. The number of amides is 1. The Kier molecular flexibility index (Phi) is 4.64. The fourth-order valence-electron chi connectivity index (χ4n) is 2.98. The summed E-state index contributed by atoms with van der Waals surface area (Å²) in [4.78, 5) is 13.3. The van der Waals surface area contributed by atoms with E-state index in [1.54, 1.807) is 0 Å². The molecule has 0 spiro atoms. The van der Waals surface area contributed by atoms with Gasteiger partial charge in [0.15, 0.2) is 6.54 Å². The van der Waals surface area contributed by atoms with E-state index in [1.165, 1.54) is 69.4 Å². The van der Waals surface area contributed by atoms with E-state index >= 15 is 0 Å². The molecule has 0 bridgehead atoms. The number of rotatable bonds is 3. The summed E-state index contributed by atoms with van der Waals surface area (Å²) in [6.45, 7) is 3.09. The number of hydrogen-bond acceptors (Lipinski definition) is 1. The molecule has 3 nitrogen and oxygen atoms in total. The molecular weight excluding hydrogens is 200 g/mol. The lowest BCUT2D eigenvalue weighted by molar-refractivity contribution is -0.896. The van der Waals surface area contributed by atoms with Gasteiger partial charge in [0.25, 0.3) is 5.91 Å². The van der Waals surface area contributed by atoms with E-state index in [0.717, 1.165) is 0 Å². The molecule has 1 saturated carbocycles. The molecule has 1 aliphatic carbocycles. The van der Waals surface area contributed by atoms with Gasteiger partial charge < -0.3 is 10.2 Å². The van der Waals surface area contributed by atoms with Crippen LogP contribution in [0.15, 0.2) is 0 Å². The first-order chi connectivity index (χ1) is 7.84. The van der Waals surface area contributed by atoms with Gasteiger partial charge in [-0.2, -0.15) is 0 Å². The average Bonchev–Trinajstić information content (AvgIpc) is 2.31. The Hall–Kier alpha value is -0.570. The van der Waals surface area contributed by atoms with Crippen molar-refractivity contribution < 1.29 is 9.69 Å². The van der Waals surface area contributed by atoms with Crippen LogP contribution in [0, 0.1) is 0 Å². The van der Waals surface area contributed by atoms with Crippen molar-refractivity contribution in [3.8, 4) is 0 Å². The zero-order valence-electron chi connectivity index (χ0n) is 10.3. The molecule has 1 amide bonds. The van der Waals surface area contributed by atoms with Gasteiger partial charge in [-0.1, -0.05) is 19.3 Å². The van der Waals surface area contributed by atoms with Crippen molar-refractivity contribution in [1.82, 2.24) is 5.32 Å². The lowest BCUT2D eigenvalue weighted by Gasteiger charge is -2.26. The Morgan fingerprint density at radius 1 is 1.00 bits per heavy atom. The summed E-state index contributed by atoms with van der Waals surface area (Å²) in [5.74, 6) is 0.281. The Morgan fingerprint density at radius 2 is 1.62 bits per heavy atom. The summed E-state index contributed by atoms with van der Waals surface area (Å²) < 4.78 is 0. The lowest BCUT2D eigenvalue weighted by Crippen LogP contribution is -3.14. The molecular formula is C13H25N2O+. The van der Waals surface area contributed by atoms with E-state index in [0.29, 0.717) is 12.6 Å². The summed E-state index contributed by atoms with van der Waals surface area (Å²) in [5.41, 5.74) is 0. The van der Waals surface area contributed by atoms with Crippen LogP contribution in [-0.2, 0) is 4.79 Å². The number of quaternary nitrogens is 1. The second-order valence-electron chi connectivity index (χ2n) is 5.39. The largest absolute Gasteiger partial charge is 0.348 e. The quantitative estimate of drug-likeness (QED) is 0.721. The molecule has 1 aliphatic heterocycles. The van der Waals surface area contributed by atoms with Gasteiger partial charge in [0, 0.05) is 6.04 Å². The summed E-state index contributed by atoms with van der Waals surface area (Å²) in [6, 6.07) is 0.477. The van der Waals surface area contributed by atoms with Crippen LogP contribution in [0.5, 0.6) is 0 Å². The summed E-state index contributed by atoms with van der Waals surface area (Å²) in [6.07, 6.45) is 10.3. The van der Waals surface area contributed by atoms with Crippen LogP contribution in [0.3, 0.4) is 0 Å². The third-order valence-corrected chi connectivity index (χ3v) is 3.94. The zero-order valence-corrected chi connectivity index (χ0v) is 10.3. The van der Waals surface area contributed by atoms with Crippen molar-refractivity contribution in [3.05, 3.63) is 0 Å². The van der Waals surface area contributed by atoms with Gasteiger partial charge >= 0.3 is 0 Å². The van der Waals surface area contributed by atoms with E-state index in [1.807, 2.05) is 0 Å². The van der Waals surface area contributed by atoms with Crippen molar-refractivity contribution in [1.29, 1.82) is 0 Å². The molecule has 0 atom stereocenters. The maximum Gasteiger partial charge on any atom is 0.275 e. The monoisotopic (exact) mass is 225 g/mol. The van der Waals surface area contributed by atoms with Gasteiger partial charge in [-0.25, -0.2) is 0 Å². The number of carbonyl (C=O) groups excluding carboxylic acids is 1. The van der Waals surface area contributed by atoms with E-state index < -0.39 is 0 Å². The van der Waals surface area contributed by atoms with Crippen LogP contribution in [0.25, 0.3) is 0 Å². The molecule has 92 valence electrons. The predicted octanol–water partition coefficient (Wildman–Crippen LogP) is 0.504. The third-order valence-electron chi connectivity index (χ3n) is 3.94. The van der Waals surface area contributed by atoms with E-state index in [-0.39, 0.29) is 5.91 Å². The minimum atomic E-state index is 0.281. The van der Waals surface area contributed by atoms with Gasteiger partial charge in [-0.15, -0.1) is 0 Å². The highest BCUT2D eigenvalue weighted by Crippen LogP contribution is 2.16. The van der Waals surface area contributed by atoms with Crippen molar-refractivity contribution in [3.63, 3.8) is 0 Å². The highest BCUT2D eigenvalue weighted by atomic mass is 16.2. The first-order valence-electron chi connectivity index (χ1n) is 6.97. The molecule has 1 saturated heterocycles. The SMILES string of the molecule is O=C(C[NH+]1CCCCC1)NC1CCCCC1. The minimum absolute atomic E-state index is 0.281. The molecule has 2 rings (SSSR count).